The number of alkyl halides is 1. The molecule has 0 aromatic heterocycles. The summed E-state index contributed by atoms with van der Waals surface area (Å²) in [6.45, 7) is 4.90. The van der Waals surface area contributed by atoms with Crippen LogP contribution in [0.25, 0.3) is 0 Å². The van der Waals surface area contributed by atoms with E-state index < -0.39 is 11.6 Å². The third kappa shape index (κ3) is 4.76. The van der Waals surface area contributed by atoms with Crippen LogP contribution in [0.15, 0.2) is 12.1 Å². The molecule has 2 amide bonds. The molecule has 0 unspecified atom stereocenters. The summed E-state index contributed by atoms with van der Waals surface area (Å²) in [6, 6.07) is 2.86. The maximum atomic E-state index is 14.8. The van der Waals surface area contributed by atoms with E-state index in [2.05, 4.69) is 10.2 Å². The van der Waals surface area contributed by atoms with Gasteiger partial charge in [0.1, 0.15) is 5.82 Å². The first-order chi connectivity index (χ1) is 14.9. The first kappa shape index (κ1) is 22.2. The van der Waals surface area contributed by atoms with E-state index in [1.807, 2.05) is 4.90 Å². The summed E-state index contributed by atoms with van der Waals surface area (Å²) in [5.41, 5.74) is -0.184. The number of piperazine rings is 1. The van der Waals surface area contributed by atoms with E-state index in [9.17, 15) is 18.4 Å². The molecule has 3 aliphatic rings. The van der Waals surface area contributed by atoms with Crippen molar-refractivity contribution in [2.24, 2.45) is 5.92 Å². The third-order valence-corrected chi connectivity index (χ3v) is 7.36. The number of benzene rings is 1. The van der Waals surface area contributed by atoms with Gasteiger partial charge in [-0.25, -0.2) is 8.78 Å². The molecule has 7 heteroatoms. The van der Waals surface area contributed by atoms with Crippen LogP contribution >= 0.6 is 0 Å². The fraction of sp³-hybridized carbons (Fsp3) is 0.667. The summed E-state index contributed by atoms with van der Waals surface area (Å²) in [5, 5.41) is 2.70. The number of nitrogens with one attached hydrogen (secondary N) is 1. The van der Waals surface area contributed by atoms with Gasteiger partial charge in [0.15, 0.2) is 5.67 Å². The lowest BCUT2D eigenvalue weighted by Gasteiger charge is -2.36. The normalized spacial score (nSPS) is 22.1. The minimum Gasteiger partial charge on any atom is -0.340 e. The number of amides is 2. The third-order valence-electron chi connectivity index (χ3n) is 7.36. The predicted molar refractivity (Wildman–Crippen MR) is 116 cm³/mol. The molecule has 170 valence electrons. The van der Waals surface area contributed by atoms with Crippen molar-refractivity contribution < 1.29 is 18.4 Å². The Morgan fingerprint density at radius 2 is 1.71 bits per heavy atom. The monoisotopic (exact) mass is 433 g/mol. The number of nitrogens with zero attached hydrogens (tertiary/aromatic N) is 2. The van der Waals surface area contributed by atoms with Crippen LogP contribution in [0.5, 0.6) is 0 Å². The second kappa shape index (κ2) is 9.23. The fourth-order valence-electron chi connectivity index (χ4n) is 5.23. The maximum absolute atomic E-state index is 14.8. The van der Waals surface area contributed by atoms with Crippen LogP contribution < -0.4 is 5.32 Å². The number of hydrogen-bond acceptors (Lipinski definition) is 3. The average molecular weight is 434 g/mol. The molecule has 1 aromatic rings. The van der Waals surface area contributed by atoms with Gasteiger partial charge >= 0.3 is 0 Å². The highest BCUT2D eigenvalue weighted by Gasteiger charge is 2.41. The van der Waals surface area contributed by atoms with Crippen molar-refractivity contribution in [3.05, 3.63) is 29.1 Å². The van der Waals surface area contributed by atoms with E-state index >= 15 is 0 Å². The van der Waals surface area contributed by atoms with Gasteiger partial charge in [0.2, 0.25) is 5.91 Å². The zero-order valence-corrected chi connectivity index (χ0v) is 18.4. The van der Waals surface area contributed by atoms with Crippen molar-refractivity contribution >= 4 is 17.5 Å². The van der Waals surface area contributed by atoms with Gasteiger partial charge < -0.3 is 10.2 Å². The zero-order valence-electron chi connectivity index (χ0n) is 18.4. The largest absolute Gasteiger partial charge is 0.340 e. The zero-order chi connectivity index (χ0) is 22.0. The smallest absolute Gasteiger partial charge is 0.262 e. The summed E-state index contributed by atoms with van der Waals surface area (Å²) < 4.78 is 29.4. The Bertz CT molecular complexity index is 824. The van der Waals surface area contributed by atoms with Gasteiger partial charge in [-0.1, -0.05) is 12.8 Å². The van der Waals surface area contributed by atoms with Crippen LogP contribution in [0.3, 0.4) is 0 Å². The lowest BCUT2D eigenvalue weighted by Crippen LogP contribution is -2.49. The molecule has 0 spiro atoms. The van der Waals surface area contributed by atoms with E-state index in [1.165, 1.54) is 12.1 Å². The Morgan fingerprint density at radius 3 is 2.35 bits per heavy atom. The second-order valence-corrected chi connectivity index (χ2v) is 9.41. The van der Waals surface area contributed by atoms with E-state index in [-0.39, 0.29) is 30.5 Å². The molecular weight excluding hydrogens is 400 g/mol. The first-order valence-corrected chi connectivity index (χ1v) is 11.7. The fourth-order valence-corrected chi connectivity index (χ4v) is 5.23. The molecule has 0 radical (unpaired) electrons. The van der Waals surface area contributed by atoms with Gasteiger partial charge in [-0.3, -0.25) is 14.5 Å². The van der Waals surface area contributed by atoms with Crippen LogP contribution in [0.1, 0.15) is 62.5 Å². The van der Waals surface area contributed by atoms with Gasteiger partial charge in [0.05, 0.1) is 0 Å². The lowest BCUT2D eigenvalue weighted by atomic mass is 10.0. The second-order valence-electron chi connectivity index (χ2n) is 9.41. The molecule has 1 N–H and O–H groups in total. The van der Waals surface area contributed by atoms with E-state index in [4.69, 9.17) is 0 Å². The summed E-state index contributed by atoms with van der Waals surface area (Å²) in [4.78, 5) is 29.2. The van der Waals surface area contributed by atoms with Crippen LogP contribution in [0.2, 0.25) is 0 Å². The van der Waals surface area contributed by atoms with E-state index in [0.717, 1.165) is 25.7 Å². The van der Waals surface area contributed by atoms with Crippen LogP contribution in [-0.2, 0) is 16.1 Å². The summed E-state index contributed by atoms with van der Waals surface area (Å²) >= 11 is 0. The van der Waals surface area contributed by atoms with E-state index in [1.54, 1.807) is 6.92 Å². The number of carbonyl (C=O) groups is 2. The predicted octanol–water partition coefficient (Wildman–Crippen LogP) is 4.19. The number of hydrogen-bond donors (Lipinski definition) is 1. The van der Waals surface area contributed by atoms with Crippen molar-refractivity contribution in [1.82, 2.24) is 9.80 Å². The molecule has 4 rings (SSSR count). The number of anilines is 1. The van der Waals surface area contributed by atoms with Gasteiger partial charge in [0, 0.05) is 49.9 Å². The summed E-state index contributed by atoms with van der Waals surface area (Å²) in [5.74, 6) is -0.484. The molecule has 2 aliphatic carbocycles. The van der Waals surface area contributed by atoms with Crippen molar-refractivity contribution in [1.29, 1.82) is 0 Å². The molecule has 1 heterocycles. The lowest BCUT2D eigenvalue weighted by molar-refractivity contribution is -0.137. The Kier molecular flexibility index (Phi) is 6.60. The molecule has 3 fully saturated rings. The molecule has 1 aliphatic heterocycles. The van der Waals surface area contributed by atoms with E-state index in [0.29, 0.717) is 62.4 Å². The summed E-state index contributed by atoms with van der Waals surface area (Å²) in [7, 11) is 0. The van der Waals surface area contributed by atoms with Gasteiger partial charge in [-0.2, -0.15) is 0 Å². The van der Waals surface area contributed by atoms with Crippen molar-refractivity contribution in [2.45, 2.75) is 70.5 Å². The molecule has 1 saturated heterocycles. The van der Waals surface area contributed by atoms with Crippen molar-refractivity contribution in [3.63, 3.8) is 0 Å². The Morgan fingerprint density at radius 1 is 1.06 bits per heavy atom. The van der Waals surface area contributed by atoms with Crippen LogP contribution in [0, 0.1) is 18.7 Å². The number of carbonyl (C=O) groups excluding carboxylic acids is 2. The molecule has 5 nitrogen and oxygen atoms in total. The first-order valence-electron chi connectivity index (χ1n) is 11.7. The van der Waals surface area contributed by atoms with Crippen molar-refractivity contribution in [2.75, 3.05) is 31.5 Å². The highest BCUT2D eigenvalue weighted by molar-refractivity contribution is 5.98. The van der Waals surface area contributed by atoms with Crippen LogP contribution in [0.4, 0.5) is 14.5 Å². The average Bonchev–Trinajstić information content (AvgIpc) is 3.46. The highest BCUT2D eigenvalue weighted by atomic mass is 19.1. The van der Waals surface area contributed by atoms with Gasteiger partial charge in [0.25, 0.3) is 5.91 Å². The van der Waals surface area contributed by atoms with Gasteiger partial charge in [-0.05, 0) is 63.1 Å². The topological polar surface area (TPSA) is 52.7 Å². The minimum atomic E-state index is -1.82. The Hall–Kier alpha value is -2.02. The van der Waals surface area contributed by atoms with Crippen LogP contribution in [-0.4, -0.2) is 53.5 Å². The van der Waals surface area contributed by atoms with Crippen molar-refractivity contribution in [3.8, 4) is 0 Å². The van der Waals surface area contributed by atoms with Gasteiger partial charge in [-0.15, -0.1) is 0 Å². The molecule has 2 saturated carbocycles. The maximum Gasteiger partial charge on any atom is 0.262 e. The standard InChI is InChI=1S/C24H33F2N3O2/c1-17-19(16-28-12-14-29(15-13-28)22(30)18-6-2-3-7-18)20(25)8-9-21(17)27-23(31)24(26)10-4-5-11-24/h8-9,18H,2-7,10-16H2,1H3,(H,27,31). The number of halogens is 2. The molecule has 0 atom stereocenters. The molecule has 0 bridgehead atoms. The molecular formula is C24H33F2N3O2. The Balaban J connectivity index is 1.38. The highest BCUT2D eigenvalue weighted by Crippen LogP contribution is 2.35. The molecule has 1 aromatic carbocycles. The Labute approximate surface area is 183 Å². The SMILES string of the molecule is Cc1c(NC(=O)C2(F)CCCC2)ccc(F)c1CN1CCN(C(=O)C2CCCC2)CC1. The quantitative estimate of drug-likeness (QED) is 0.758. The molecule has 31 heavy (non-hydrogen) atoms. The summed E-state index contributed by atoms with van der Waals surface area (Å²) in [6.07, 6.45) is 6.21. The number of rotatable bonds is 5. The minimum absolute atomic E-state index is 0.185.